The van der Waals surface area contributed by atoms with Crippen LogP contribution in [-0.2, 0) is 14.8 Å². The fourth-order valence-corrected chi connectivity index (χ4v) is 3.90. The highest BCUT2D eigenvalue weighted by Gasteiger charge is 2.30. The highest BCUT2D eigenvalue weighted by molar-refractivity contribution is 7.89. The zero-order chi connectivity index (χ0) is 20.3. The van der Waals surface area contributed by atoms with Crippen LogP contribution in [-0.4, -0.2) is 25.5 Å². The zero-order valence-electron chi connectivity index (χ0n) is 16.2. The molecule has 1 aliphatic carbocycles. The maximum absolute atomic E-state index is 12.3. The summed E-state index contributed by atoms with van der Waals surface area (Å²) in [5.41, 5.74) is 1.99. The first-order chi connectivity index (χ1) is 13.3. The maximum atomic E-state index is 12.3. The minimum atomic E-state index is -3.52. The first kappa shape index (κ1) is 20.3. The number of benzene rings is 1. The van der Waals surface area contributed by atoms with Crippen molar-refractivity contribution in [2.45, 2.75) is 51.0 Å². The fourth-order valence-electron chi connectivity index (χ4n) is 2.57. The van der Waals surface area contributed by atoms with E-state index in [4.69, 9.17) is 4.52 Å². The monoisotopic (exact) mass is 403 g/mol. The van der Waals surface area contributed by atoms with Gasteiger partial charge >= 0.3 is 0 Å². The molecular weight excluding hydrogens is 378 g/mol. The molecule has 1 saturated carbocycles. The van der Waals surface area contributed by atoms with E-state index in [9.17, 15) is 13.2 Å². The molecule has 1 aliphatic rings. The van der Waals surface area contributed by atoms with E-state index in [2.05, 4.69) is 15.2 Å². The number of hydrogen-bond acceptors (Lipinski definition) is 5. The third-order valence-corrected chi connectivity index (χ3v) is 6.28. The van der Waals surface area contributed by atoms with Gasteiger partial charge in [0, 0.05) is 12.0 Å². The van der Waals surface area contributed by atoms with Crippen molar-refractivity contribution >= 4 is 33.8 Å². The number of carbonyl (C=O) groups excluding carboxylic acids is 1. The minimum Gasteiger partial charge on any atom is -0.354 e. The van der Waals surface area contributed by atoms with Crippen LogP contribution in [0, 0.1) is 12.8 Å². The van der Waals surface area contributed by atoms with Crippen molar-refractivity contribution in [3.63, 3.8) is 0 Å². The van der Waals surface area contributed by atoms with Crippen molar-refractivity contribution < 1.29 is 17.7 Å². The molecule has 1 amide bonds. The summed E-state index contributed by atoms with van der Waals surface area (Å²) >= 11 is 0. The Morgan fingerprint density at radius 2 is 1.96 bits per heavy atom. The van der Waals surface area contributed by atoms with E-state index >= 15 is 0 Å². The SMILES string of the molecule is CCC(C)NS(=O)(=O)c1ccc(C=Cc2onc(C)c2NC(=O)C2CC2)cc1. The summed E-state index contributed by atoms with van der Waals surface area (Å²) in [4.78, 5) is 12.2. The predicted octanol–water partition coefficient (Wildman–Crippen LogP) is 3.58. The lowest BCUT2D eigenvalue weighted by molar-refractivity contribution is -0.117. The van der Waals surface area contributed by atoms with Crippen LogP contribution in [0.25, 0.3) is 12.2 Å². The molecule has 0 radical (unpaired) electrons. The van der Waals surface area contributed by atoms with Crippen molar-refractivity contribution in [1.82, 2.24) is 9.88 Å². The molecule has 28 heavy (non-hydrogen) atoms. The number of amides is 1. The van der Waals surface area contributed by atoms with Gasteiger partial charge in [-0.25, -0.2) is 13.1 Å². The van der Waals surface area contributed by atoms with Crippen LogP contribution >= 0.6 is 0 Å². The Morgan fingerprint density at radius 3 is 2.57 bits per heavy atom. The average Bonchev–Trinajstić information content (AvgIpc) is 3.46. The van der Waals surface area contributed by atoms with Gasteiger partial charge < -0.3 is 9.84 Å². The van der Waals surface area contributed by atoms with Gasteiger partial charge in [-0.2, -0.15) is 0 Å². The van der Waals surface area contributed by atoms with Gasteiger partial charge in [0.25, 0.3) is 0 Å². The molecule has 1 aromatic heterocycles. The van der Waals surface area contributed by atoms with Gasteiger partial charge in [0.15, 0.2) is 5.76 Å². The topological polar surface area (TPSA) is 101 Å². The highest BCUT2D eigenvalue weighted by Crippen LogP contribution is 2.32. The van der Waals surface area contributed by atoms with E-state index in [-0.39, 0.29) is 22.8 Å². The van der Waals surface area contributed by atoms with Crippen LogP contribution in [0.2, 0.25) is 0 Å². The second kappa shape index (κ2) is 8.28. The van der Waals surface area contributed by atoms with Crippen LogP contribution < -0.4 is 10.0 Å². The van der Waals surface area contributed by atoms with Gasteiger partial charge in [-0.3, -0.25) is 4.79 Å². The molecule has 7 nitrogen and oxygen atoms in total. The van der Waals surface area contributed by atoms with Gasteiger partial charge in [-0.1, -0.05) is 30.3 Å². The first-order valence-corrected chi connectivity index (χ1v) is 10.9. The lowest BCUT2D eigenvalue weighted by atomic mass is 10.2. The smallest absolute Gasteiger partial charge is 0.240 e. The van der Waals surface area contributed by atoms with E-state index in [0.717, 1.165) is 24.8 Å². The van der Waals surface area contributed by atoms with Crippen LogP contribution in [0.5, 0.6) is 0 Å². The lowest BCUT2D eigenvalue weighted by Crippen LogP contribution is -2.31. The molecule has 8 heteroatoms. The molecule has 1 fully saturated rings. The summed E-state index contributed by atoms with van der Waals surface area (Å²) < 4.78 is 32.5. The molecule has 3 rings (SSSR count). The van der Waals surface area contributed by atoms with Gasteiger partial charge in [0.1, 0.15) is 11.4 Å². The normalized spacial score (nSPS) is 15.7. The van der Waals surface area contributed by atoms with E-state index in [0.29, 0.717) is 17.1 Å². The van der Waals surface area contributed by atoms with E-state index in [1.807, 2.05) is 13.8 Å². The van der Waals surface area contributed by atoms with Crippen molar-refractivity contribution in [1.29, 1.82) is 0 Å². The number of nitrogens with one attached hydrogen (secondary N) is 2. The Hall–Kier alpha value is -2.45. The number of anilines is 1. The molecule has 0 aliphatic heterocycles. The molecule has 1 heterocycles. The molecule has 1 unspecified atom stereocenters. The summed E-state index contributed by atoms with van der Waals surface area (Å²) in [6, 6.07) is 6.43. The van der Waals surface area contributed by atoms with Crippen molar-refractivity contribution in [2.75, 3.05) is 5.32 Å². The van der Waals surface area contributed by atoms with Gasteiger partial charge in [-0.15, -0.1) is 0 Å². The zero-order valence-corrected chi connectivity index (χ0v) is 17.0. The highest BCUT2D eigenvalue weighted by atomic mass is 32.2. The van der Waals surface area contributed by atoms with E-state index < -0.39 is 10.0 Å². The third-order valence-electron chi connectivity index (χ3n) is 4.67. The van der Waals surface area contributed by atoms with Crippen molar-refractivity contribution in [3.05, 3.63) is 41.3 Å². The molecule has 150 valence electrons. The van der Waals surface area contributed by atoms with Crippen LogP contribution in [0.1, 0.15) is 50.1 Å². The Morgan fingerprint density at radius 1 is 1.29 bits per heavy atom. The lowest BCUT2D eigenvalue weighted by Gasteiger charge is -2.12. The third kappa shape index (κ3) is 4.88. The molecule has 1 aromatic carbocycles. The molecule has 2 N–H and O–H groups in total. The van der Waals surface area contributed by atoms with Gasteiger partial charge in [0.2, 0.25) is 15.9 Å². The number of nitrogens with zero attached hydrogens (tertiary/aromatic N) is 1. The minimum absolute atomic E-state index is 0.00989. The Balaban J connectivity index is 1.72. The Labute approximate surface area is 165 Å². The van der Waals surface area contributed by atoms with Crippen molar-refractivity contribution in [3.8, 4) is 0 Å². The largest absolute Gasteiger partial charge is 0.354 e. The van der Waals surface area contributed by atoms with Crippen LogP contribution in [0.15, 0.2) is 33.7 Å². The summed E-state index contributed by atoms with van der Waals surface area (Å²) in [7, 11) is -3.52. The number of rotatable bonds is 8. The number of aromatic nitrogens is 1. The molecule has 1 atom stereocenters. The average molecular weight is 404 g/mol. The summed E-state index contributed by atoms with van der Waals surface area (Å²) in [5.74, 6) is 0.538. The molecule has 2 aromatic rings. The standard InChI is InChI=1S/C20H25N3O4S/c1-4-13(2)23-28(25,26)17-10-5-15(6-11-17)7-12-18-19(14(3)22-27-18)21-20(24)16-8-9-16/h5-7,10-13,16,23H,4,8-9H2,1-3H3,(H,21,24). The molecule has 0 saturated heterocycles. The van der Waals surface area contributed by atoms with Gasteiger partial charge in [0.05, 0.1) is 4.90 Å². The summed E-state index contributed by atoms with van der Waals surface area (Å²) in [6.07, 6.45) is 6.05. The van der Waals surface area contributed by atoms with Gasteiger partial charge in [-0.05, 0) is 56.9 Å². The second-order valence-electron chi connectivity index (χ2n) is 7.10. The predicted molar refractivity (Wildman–Crippen MR) is 108 cm³/mol. The van der Waals surface area contributed by atoms with Crippen LogP contribution in [0.3, 0.4) is 0 Å². The molecule has 0 spiro atoms. The maximum Gasteiger partial charge on any atom is 0.240 e. The number of sulfonamides is 1. The Bertz CT molecular complexity index is 973. The quantitative estimate of drug-likeness (QED) is 0.701. The van der Waals surface area contributed by atoms with Crippen molar-refractivity contribution in [2.24, 2.45) is 5.92 Å². The van der Waals surface area contributed by atoms with E-state index in [1.165, 1.54) is 0 Å². The number of carbonyl (C=O) groups is 1. The molecule has 0 bridgehead atoms. The number of hydrogen-bond donors (Lipinski definition) is 2. The second-order valence-corrected chi connectivity index (χ2v) is 8.82. The Kier molecular flexibility index (Phi) is 6.00. The molecular formula is C20H25N3O4S. The fraction of sp³-hybridized carbons (Fsp3) is 0.400. The summed E-state index contributed by atoms with van der Waals surface area (Å²) in [6.45, 7) is 5.52. The first-order valence-electron chi connectivity index (χ1n) is 9.37. The summed E-state index contributed by atoms with van der Waals surface area (Å²) in [5, 5.41) is 6.79. The van der Waals surface area contributed by atoms with E-state index in [1.54, 1.807) is 43.3 Å². The number of aryl methyl sites for hydroxylation is 1. The van der Waals surface area contributed by atoms with Crippen LogP contribution in [0.4, 0.5) is 5.69 Å².